The van der Waals surface area contributed by atoms with E-state index in [0.717, 1.165) is 34.7 Å². The van der Waals surface area contributed by atoms with Crippen molar-refractivity contribution >= 4 is 23.5 Å². The van der Waals surface area contributed by atoms with Crippen LogP contribution in [0.25, 0.3) is 0 Å². The number of carbonyl (C=O) groups excluding carboxylic acids is 3. The lowest BCUT2D eigenvalue weighted by atomic mass is 9.88. The average Bonchev–Trinajstić information content (AvgIpc) is 2.95. The Balaban J connectivity index is 1.51. The van der Waals surface area contributed by atoms with Gasteiger partial charge in [-0.05, 0) is 43.5 Å². The lowest BCUT2D eigenvalue weighted by Crippen LogP contribution is -2.43. The number of carbonyl (C=O) groups is 3. The number of nitrogens with zero attached hydrogens (tertiary/aromatic N) is 2. The van der Waals surface area contributed by atoms with Crippen molar-refractivity contribution in [3.8, 4) is 0 Å². The predicted octanol–water partition coefficient (Wildman–Crippen LogP) is 2.40. The molecule has 0 aliphatic carbocycles. The Hall–Kier alpha value is -3.35. The monoisotopic (exact) mass is 408 g/mol. The van der Waals surface area contributed by atoms with E-state index < -0.39 is 17.5 Å². The van der Waals surface area contributed by atoms with Gasteiger partial charge in [0, 0.05) is 25.8 Å². The zero-order chi connectivity index (χ0) is 21.7. The summed E-state index contributed by atoms with van der Waals surface area (Å²) < 4.78 is 0. The Bertz CT molecular complexity index is 931. The highest BCUT2D eigenvalue weighted by molar-refractivity contribution is 6.09. The highest BCUT2D eigenvalue weighted by atomic mass is 16.2. The van der Waals surface area contributed by atoms with Gasteiger partial charge in [0.1, 0.15) is 12.1 Å². The number of benzene rings is 2. The normalized spacial score (nSPS) is 18.3. The van der Waals surface area contributed by atoms with Gasteiger partial charge in [-0.3, -0.25) is 14.5 Å². The largest absolute Gasteiger partial charge is 0.375 e. The number of anilines is 1. The van der Waals surface area contributed by atoms with Crippen LogP contribution in [-0.2, 0) is 15.1 Å². The molecule has 2 aromatic carbocycles. The fourth-order valence-electron chi connectivity index (χ4n) is 3.71. The number of rotatable bonds is 8. The summed E-state index contributed by atoms with van der Waals surface area (Å²) in [6, 6.07) is 16.9. The van der Waals surface area contributed by atoms with Gasteiger partial charge in [-0.2, -0.15) is 0 Å². The summed E-state index contributed by atoms with van der Waals surface area (Å²) in [4.78, 5) is 40.8. The Labute approximate surface area is 177 Å². The first-order valence-corrected chi connectivity index (χ1v) is 10.1. The van der Waals surface area contributed by atoms with Gasteiger partial charge in [-0.1, -0.05) is 42.5 Å². The highest BCUT2D eigenvalue weighted by Gasteiger charge is 2.49. The van der Waals surface area contributed by atoms with Gasteiger partial charge in [0.15, 0.2) is 0 Å². The number of imide groups is 1. The van der Waals surface area contributed by atoms with Gasteiger partial charge < -0.3 is 15.5 Å². The number of nitrogens with one attached hydrogen (secondary N) is 2. The van der Waals surface area contributed by atoms with E-state index in [2.05, 4.69) is 15.5 Å². The van der Waals surface area contributed by atoms with Crippen molar-refractivity contribution in [3.63, 3.8) is 0 Å². The van der Waals surface area contributed by atoms with Crippen LogP contribution in [0.3, 0.4) is 0 Å². The Morgan fingerprint density at radius 2 is 1.77 bits per heavy atom. The number of hydrogen-bond donors (Lipinski definition) is 2. The molecule has 3 rings (SSSR count). The zero-order valence-electron chi connectivity index (χ0n) is 17.6. The number of para-hydroxylation sites is 1. The van der Waals surface area contributed by atoms with Crippen LogP contribution in [0.5, 0.6) is 0 Å². The maximum absolute atomic E-state index is 13.0. The minimum Gasteiger partial charge on any atom is -0.375 e. The molecule has 0 aromatic heterocycles. The van der Waals surface area contributed by atoms with E-state index in [9.17, 15) is 14.4 Å². The molecule has 0 spiro atoms. The average molecular weight is 409 g/mol. The summed E-state index contributed by atoms with van der Waals surface area (Å²) in [5.74, 6) is -0.768. The van der Waals surface area contributed by atoms with E-state index in [1.54, 1.807) is 6.92 Å². The zero-order valence-corrected chi connectivity index (χ0v) is 17.6. The van der Waals surface area contributed by atoms with E-state index in [1.165, 1.54) is 0 Å². The van der Waals surface area contributed by atoms with Crippen molar-refractivity contribution in [2.75, 3.05) is 31.6 Å². The summed E-state index contributed by atoms with van der Waals surface area (Å²) in [6.07, 6.45) is 0.748. The topological polar surface area (TPSA) is 81.8 Å². The molecule has 0 radical (unpaired) electrons. The van der Waals surface area contributed by atoms with E-state index in [4.69, 9.17) is 0 Å². The van der Waals surface area contributed by atoms with Crippen LogP contribution >= 0.6 is 0 Å². The Morgan fingerprint density at radius 3 is 2.47 bits per heavy atom. The van der Waals surface area contributed by atoms with Crippen molar-refractivity contribution < 1.29 is 14.4 Å². The van der Waals surface area contributed by atoms with Crippen LogP contribution in [0.15, 0.2) is 54.6 Å². The molecule has 7 heteroatoms. The second-order valence-corrected chi connectivity index (χ2v) is 7.72. The molecule has 30 heavy (non-hydrogen) atoms. The van der Waals surface area contributed by atoms with Crippen molar-refractivity contribution in [2.45, 2.75) is 25.8 Å². The lowest BCUT2D eigenvalue weighted by molar-refractivity contribution is -0.134. The Kier molecular flexibility index (Phi) is 6.40. The van der Waals surface area contributed by atoms with Crippen LogP contribution in [0.2, 0.25) is 0 Å². The van der Waals surface area contributed by atoms with Crippen molar-refractivity contribution in [1.82, 2.24) is 15.5 Å². The van der Waals surface area contributed by atoms with Crippen molar-refractivity contribution in [3.05, 3.63) is 65.7 Å². The standard InChI is InChI=1S/C23H28N4O3/c1-17-10-7-8-13-19(17)23(2)21(29)27(22(30)25-23)16-20(28)24-14-9-15-26(3)18-11-5-4-6-12-18/h4-8,10-13H,9,14-16H2,1-3H3,(H,24,28)(H,25,30). The lowest BCUT2D eigenvalue weighted by Gasteiger charge is -2.24. The predicted molar refractivity (Wildman–Crippen MR) is 116 cm³/mol. The van der Waals surface area contributed by atoms with Gasteiger partial charge in [0.25, 0.3) is 5.91 Å². The van der Waals surface area contributed by atoms with E-state index >= 15 is 0 Å². The first kappa shape index (κ1) is 21.4. The van der Waals surface area contributed by atoms with Crippen molar-refractivity contribution in [1.29, 1.82) is 0 Å². The van der Waals surface area contributed by atoms with Crippen molar-refractivity contribution in [2.24, 2.45) is 0 Å². The van der Waals surface area contributed by atoms with Gasteiger partial charge in [0.05, 0.1) is 0 Å². The maximum Gasteiger partial charge on any atom is 0.325 e. The maximum atomic E-state index is 13.0. The minimum absolute atomic E-state index is 0.291. The molecule has 2 N–H and O–H groups in total. The molecule has 2 aromatic rings. The summed E-state index contributed by atoms with van der Waals surface area (Å²) in [5.41, 5.74) is 1.58. The van der Waals surface area contributed by atoms with Crippen LogP contribution in [0.4, 0.5) is 10.5 Å². The molecule has 0 bridgehead atoms. The molecule has 1 heterocycles. The highest BCUT2D eigenvalue weighted by Crippen LogP contribution is 2.30. The molecule has 1 unspecified atom stereocenters. The van der Waals surface area contributed by atoms with Gasteiger partial charge >= 0.3 is 6.03 Å². The molecule has 1 fully saturated rings. The van der Waals surface area contributed by atoms with Gasteiger partial charge in [-0.25, -0.2) is 4.79 Å². The third kappa shape index (κ3) is 4.45. The molecule has 4 amide bonds. The molecule has 1 saturated heterocycles. The second kappa shape index (κ2) is 8.98. The third-order valence-electron chi connectivity index (χ3n) is 5.45. The second-order valence-electron chi connectivity index (χ2n) is 7.72. The molecule has 1 aliphatic heterocycles. The number of hydrogen-bond acceptors (Lipinski definition) is 4. The minimum atomic E-state index is -1.17. The quantitative estimate of drug-likeness (QED) is 0.519. The van der Waals surface area contributed by atoms with Crippen LogP contribution < -0.4 is 15.5 Å². The summed E-state index contributed by atoms with van der Waals surface area (Å²) in [7, 11) is 2.00. The number of amides is 4. The molecular formula is C23H28N4O3. The van der Waals surface area contributed by atoms with E-state index in [1.807, 2.05) is 68.6 Å². The van der Waals surface area contributed by atoms with Crippen LogP contribution in [0.1, 0.15) is 24.5 Å². The van der Waals surface area contributed by atoms with Gasteiger partial charge in [-0.15, -0.1) is 0 Å². The number of aryl methyl sites for hydroxylation is 1. The van der Waals surface area contributed by atoms with E-state index in [0.29, 0.717) is 6.54 Å². The first-order valence-electron chi connectivity index (χ1n) is 10.1. The fourth-order valence-corrected chi connectivity index (χ4v) is 3.71. The smallest absolute Gasteiger partial charge is 0.325 e. The summed E-state index contributed by atoms with van der Waals surface area (Å²) in [5, 5.41) is 5.54. The van der Waals surface area contributed by atoms with E-state index in [-0.39, 0.29) is 12.5 Å². The molecule has 1 aliphatic rings. The number of urea groups is 1. The van der Waals surface area contributed by atoms with Crippen LogP contribution in [-0.4, -0.2) is 49.4 Å². The molecule has 0 saturated carbocycles. The van der Waals surface area contributed by atoms with Crippen LogP contribution in [0, 0.1) is 6.92 Å². The summed E-state index contributed by atoms with van der Waals surface area (Å²) in [6.45, 7) is 4.52. The SMILES string of the molecule is Cc1ccccc1C1(C)NC(=O)N(CC(=O)NCCCN(C)c2ccccc2)C1=O. The summed E-state index contributed by atoms with van der Waals surface area (Å²) >= 11 is 0. The molecule has 158 valence electrons. The molecule has 1 atom stereocenters. The van der Waals surface area contributed by atoms with Gasteiger partial charge in [0.2, 0.25) is 5.91 Å². The molecular weight excluding hydrogens is 380 g/mol. The first-order chi connectivity index (χ1) is 14.3. The molecule has 7 nitrogen and oxygen atoms in total. The fraction of sp³-hybridized carbons (Fsp3) is 0.348. The third-order valence-corrected chi connectivity index (χ3v) is 5.45. The Morgan fingerprint density at radius 1 is 1.10 bits per heavy atom.